The van der Waals surface area contributed by atoms with Gasteiger partial charge in [-0.25, -0.2) is 0 Å². The number of hydrogen-bond donors (Lipinski definition) is 3. The van der Waals surface area contributed by atoms with Crippen LogP contribution < -0.4 is 11.1 Å². The monoisotopic (exact) mass is 334 g/mol. The van der Waals surface area contributed by atoms with E-state index in [4.69, 9.17) is 5.73 Å². The number of benzene rings is 1. The van der Waals surface area contributed by atoms with Gasteiger partial charge in [0.2, 0.25) is 5.91 Å². The summed E-state index contributed by atoms with van der Waals surface area (Å²) < 4.78 is -0.498. The van der Waals surface area contributed by atoms with Crippen molar-refractivity contribution in [3.05, 3.63) is 29.8 Å². The third kappa shape index (κ3) is 2.85. The summed E-state index contributed by atoms with van der Waals surface area (Å²) in [5.41, 5.74) is 7.67. The molecular weight excluding hydrogens is 308 g/mol. The van der Waals surface area contributed by atoms with E-state index < -0.39 is 11.0 Å². The van der Waals surface area contributed by atoms with Crippen molar-refractivity contribution in [2.24, 2.45) is 5.92 Å². The Morgan fingerprint density at radius 2 is 2.04 bits per heavy atom. The van der Waals surface area contributed by atoms with Gasteiger partial charge >= 0.3 is 0 Å². The number of hydrogen-bond acceptors (Lipinski definition) is 4. The van der Waals surface area contributed by atoms with E-state index in [1.807, 2.05) is 24.3 Å². The zero-order valence-electron chi connectivity index (χ0n) is 13.6. The second-order valence-corrected chi connectivity index (χ2v) is 8.05. The van der Waals surface area contributed by atoms with Gasteiger partial charge < -0.3 is 16.2 Å². The molecule has 3 rings (SSSR count). The molecule has 1 aliphatic carbocycles. The first-order valence-electron chi connectivity index (χ1n) is 8.58. The van der Waals surface area contributed by atoms with E-state index in [9.17, 15) is 9.90 Å². The zero-order valence-corrected chi connectivity index (χ0v) is 14.4. The van der Waals surface area contributed by atoms with Gasteiger partial charge in [-0.2, -0.15) is 0 Å². The van der Waals surface area contributed by atoms with Gasteiger partial charge in [0.15, 0.2) is 0 Å². The third-order valence-electron chi connectivity index (χ3n) is 5.25. The fourth-order valence-corrected chi connectivity index (χ4v) is 5.64. The van der Waals surface area contributed by atoms with Gasteiger partial charge in [-0.1, -0.05) is 38.3 Å². The van der Waals surface area contributed by atoms with Gasteiger partial charge in [0.05, 0.1) is 0 Å². The number of amides is 1. The van der Waals surface area contributed by atoms with E-state index in [0.29, 0.717) is 0 Å². The molecule has 4 N–H and O–H groups in total. The lowest BCUT2D eigenvalue weighted by Crippen LogP contribution is -2.54. The Hall–Kier alpha value is -1.20. The Balaban J connectivity index is 1.75. The van der Waals surface area contributed by atoms with E-state index in [2.05, 4.69) is 12.2 Å². The van der Waals surface area contributed by atoms with Crippen molar-refractivity contribution in [2.75, 3.05) is 11.5 Å². The van der Waals surface area contributed by atoms with Crippen molar-refractivity contribution in [1.29, 1.82) is 0 Å². The van der Waals surface area contributed by atoms with E-state index in [1.54, 1.807) is 11.8 Å². The van der Waals surface area contributed by atoms with Crippen LogP contribution in [0, 0.1) is 5.92 Å². The van der Waals surface area contributed by atoms with Crippen molar-refractivity contribution in [2.45, 2.75) is 55.9 Å². The summed E-state index contributed by atoms with van der Waals surface area (Å²) in [7, 11) is 0. The summed E-state index contributed by atoms with van der Waals surface area (Å²) >= 11 is 1.75. The van der Waals surface area contributed by atoms with Crippen LogP contribution in [0.2, 0.25) is 0 Å². The lowest BCUT2D eigenvalue weighted by Gasteiger charge is -2.50. The Morgan fingerprint density at radius 3 is 2.70 bits per heavy atom. The van der Waals surface area contributed by atoms with Crippen molar-refractivity contribution < 1.29 is 9.90 Å². The molecule has 23 heavy (non-hydrogen) atoms. The van der Waals surface area contributed by atoms with E-state index in [1.165, 1.54) is 19.3 Å². The Bertz CT molecular complexity index is 563. The number of fused-ring (bicyclic) bond motifs is 1. The number of nitrogens with two attached hydrogens (primary N) is 1. The molecule has 1 aromatic carbocycles. The van der Waals surface area contributed by atoms with Crippen molar-refractivity contribution in [3.8, 4) is 0 Å². The molecule has 4 atom stereocenters. The number of anilines is 1. The molecule has 1 saturated carbocycles. The predicted molar refractivity (Wildman–Crippen MR) is 95.2 cm³/mol. The second-order valence-electron chi connectivity index (χ2n) is 6.68. The Labute approximate surface area is 142 Å². The van der Waals surface area contributed by atoms with Crippen LogP contribution in [0.5, 0.6) is 0 Å². The summed E-state index contributed by atoms with van der Waals surface area (Å²) in [6, 6.07) is 7.83. The summed E-state index contributed by atoms with van der Waals surface area (Å²) in [5.74, 6) is 1.17. The van der Waals surface area contributed by atoms with Crippen molar-refractivity contribution in [3.63, 3.8) is 0 Å². The third-order valence-corrected chi connectivity index (χ3v) is 6.99. The highest BCUT2D eigenvalue weighted by atomic mass is 32.2. The maximum atomic E-state index is 12.6. The van der Waals surface area contributed by atoms with Gasteiger partial charge in [-0.15, -0.1) is 11.8 Å². The Kier molecular flexibility index (Phi) is 4.87. The van der Waals surface area contributed by atoms with Crippen LogP contribution in [-0.4, -0.2) is 27.7 Å². The van der Waals surface area contributed by atoms with Crippen LogP contribution in [0.15, 0.2) is 24.3 Å². The number of aliphatic hydroxyl groups excluding tert-OH is 1. The quantitative estimate of drug-likeness (QED) is 0.529. The van der Waals surface area contributed by atoms with Crippen molar-refractivity contribution >= 4 is 23.4 Å². The number of carbonyl (C=O) groups excluding carboxylic acids is 1. The summed E-state index contributed by atoms with van der Waals surface area (Å²) in [6.07, 6.45) is 4.95. The predicted octanol–water partition coefficient (Wildman–Crippen LogP) is 2.87. The van der Waals surface area contributed by atoms with Crippen LogP contribution in [0.25, 0.3) is 0 Å². The minimum absolute atomic E-state index is 0.00330. The number of aliphatic hydroxyl groups is 1. The molecular formula is C18H26N2O2S. The highest BCUT2D eigenvalue weighted by Gasteiger charge is 2.67. The van der Waals surface area contributed by atoms with Gasteiger partial charge in [-0.3, -0.25) is 4.79 Å². The fourth-order valence-electron chi connectivity index (χ4n) is 3.89. The number of nitrogen functional groups attached to an aromatic ring is 1. The molecule has 4 unspecified atom stereocenters. The first-order valence-corrected chi connectivity index (χ1v) is 9.56. The normalized spacial score (nSPS) is 32.3. The van der Waals surface area contributed by atoms with Crippen LogP contribution >= 0.6 is 11.8 Å². The molecule has 1 amide bonds. The van der Waals surface area contributed by atoms with Gasteiger partial charge in [0, 0.05) is 17.5 Å². The fraction of sp³-hybridized carbons (Fsp3) is 0.611. The smallest absolute Gasteiger partial charge is 0.239 e. The topological polar surface area (TPSA) is 75.3 Å². The molecule has 126 valence electrons. The maximum absolute atomic E-state index is 12.6. The summed E-state index contributed by atoms with van der Waals surface area (Å²) in [6.45, 7) is 2.20. The molecule has 0 radical (unpaired) electrons. The lowest BCUT2D eigenvalue weighted by molar-refractivity contribution is -0.123. The average molecular weight is 334 g/mol. The van der Waals surface area contributed by atoms with Crippen molar-refractivity contribution in [1.82, 2.24) is 5.32 Å². The number of nitrogens with one attached hydrogen (secondary N) is 1. The lowest BCUT2D eigenvalue weighted by atomic mass is 9.62. The number of rotatable bonds is 7. The van der Waals surface area contributed by atoms with E-state index in [0.717, 1.165) is 29.8 Å². The van der Waals surface area contributed by atoms with Gasteiger partial charge in [0.25, 0.3) is 0 Å². The summed E-state index contributed by atoms with van der Waals surface area (Å²) in [4.78, 5) is 12.6. The summed E-state index contributed by atoms with van der Waals surface area (Å²) in [5, 5.41) is 12.9. The molecule has 1 aromatic rings. The minimum atomic E-state index is -0.698. The zero-order chi connectivity index (χ0) is 16.4. The van der Waals surface area contributed by atoms with Crippen LogP contribution in [0.3, 0.4) is 0 Å². The molecule has 1 aliphatic heterocycles. The number of unbranched alkanes of at least 4 members (excludes halogenated alkanes) is 3. The second kappa shape index (κ2) is 6.73. The molecule has 0 aromatic heterocycles. The molecule has 0 bridgehead atoms. The largest absolute Gasteiger partial charge is 0.399 e. The molecule has 5 heteroatoms. The standard InChI is InChI=1S/C18H26N2O2S/c1-2-3-4-5-10-23-18-14(12-6-8-13(19)9-7-12)11-15(18)16(21)20-17(18)22/h6-9,14-16,21H,2-5,10-11,19H2,1H3,(H,20,22). The molecule has 0 spiro atoms. The average Bonchev–Trinajstić information content (AvgIpc) is 2.68. The highest BCUT2D eigenvalue weighted by Crippen LogP contribution is 2.62. The molecule has 2 aliphatic rings. The number of thioether (sulfide) groups is 1. The van der Waals surface area contributed by atoms with E-state index in [-0.39, 0.29) is 17.7 Å². The molecule has 2 fully saturated rings. The first kappa shape index (κ1) is 16.7. The molecule has 1 saturated heterocycles. The van der Waals surface area contributed by atoms with Gasteiger partial charge in [0.1, 0.15) is 11.0 Å². The highest BCUT2D eigenvalue weighted by molar-refractivity contribution is 8.01. The van der Waals surface area contributed by atoms with Gasteiger partial charge in [-0.05, 0) is 36.3 Å². The Morgan fingerprint density at radius 1 is 1.30 bits per heavy atom. The maximum Gasteiger partial charge on any atom is 0.239 e. The van der Waals surface area contributed by atoms with E-state index >= 15 is 0 Å². The SMILES string of the molecule is CCCCCCSC12C(=O)NC(O)C1CC2c1ccc(N)cc1. The van der Waals surface area contributed by atoms with Crippen LogP contribution in [-0.2, 0) is 4.79 Å². The molecule has 1 heterocycles. The first-order chi connectivity index (χ1) is 11.1. The van der Waals surface area contributed by atoms with Crippen LogP contribution in [0.4, 0.5) is 5.69 Å². The molecule has 4 nitrogen and oxygen atoms in total. The minimum Gasteiger partial charge on any atom is -0.399 e. The number of carbonyl (C=O) groups is 1. The van der Waals surface area contributed by atoms with Crippen LogP contribution in [0.1, 0.15) is 50.5 Å².